The smallest absolute Gasteiger partial charge is 0.332 e. The Morgan fingerprint density at radius 3 is 3.00 bits per heavy atom. The highest BCUT2D eigenvalue weighted by atomic mass is 32.2. The van der Waals surface area contributed by atoms with Gasteiger partial charge in [-0.2, -0.15) is 0 Å². The third-order valence-electron chi connectivity index (χ3n) is 3.08. The fourth-order valence-electron chi connectivity index (χ4n) is 2.07. The van der Waals surface area contributed by atoms with Crippen LogP contribution in [0.15, 0.2) is 23.4 Å². The Morgan fingerprint density at radius 2 is 2.35 bits per heavy atom. The lowest BCUT2D eigenvalue weighted by Crippen LogP contribution is -2.33. The van der Waals surface area contributed by atoms with Crippen molar-refractivity contribution in [1.82, 2.24) is 10.3 Å². The number of aromatic nitrogens is 1. The van der Waals surface area contributed by atoms with Crippen LogP contribution in [0.1, 0.15) is 23.2 Å². The number of ether oxygens (including phenoxy) is 1. The number of hydrogen-bond donors (Lipinski definition) is 2. The van der Waals surface area contributed by atoms with Crippen LogP contribution >= 0.6 is 11.8 Å². The lowest BCUT2D eigenvalue weighted by molar-refractivity contribution is -0.149. The van der Waals surface area contributed by atoms with E-state index in [9.17, 15) is 9.59 Å². The number of carboxylic acids is 1. The first-order valence-electron chi connectivity index (χ1n) is 6.27. The summed E-state index contributed by atoms with van der Waals surface area (Å²) < 4.78 is 5.33. The number of carbonyl (C=O) groups is 2. The fourth-order valence-corrected chi connectivity index (χ4v) is 2.61. The number of aliphatic carboxylic acids is 1. The predicted octanol–water partition coefficient (Wildman–Crippen LogP) is 1.17. The van der Waals surface area contributed by atoms with Crippen LogP contribution in [0.2, 0.25) is 0 Å². The molecule has 1 aromatic heterocycles. The van der Waals surface area contributed by atoms with Crippen molar-refractivity contribution in [2.24, 2.45) is 0 Å². The number of rotatable bonds is 5. The number of carboxylic acid groups (broad SMARTS) is 1. The molecule has 0 aliphatic carbocycles. The fraction of sp³-hybridized carbons (Fsp3) is 0.462. The van der Waals surface area contributed by atoms with Gasteiger partial charge in [0.2, 0.25) is 0 Å². The molecule has 20 heavy (non-hydrogen) atoms. The molecule has 0 radical (unpaired) electrons. The van der Waals surface area contributed by atoms with E-state index in [2.05, 4.69) is 10.3 Å². The highest BCUT2D eigenvalue weighted by Gasteiger charge is 2.30. The van der Waals surface area contributed by atoms with E-state index in [1.165, 1.54) is 11.8 Å². The molecule has 1 aliphatic heterocycles. The third kappa shape index (κ3) is 3.49. The predicted molar refractivity (Wildman–Crippen MR) is 73.9 cm³/mol. The molecule has 2 heterocycles. The van der Waals surface area contributed by atoms with Gasteiger partial charge in [-0.15, -0.1) is 11.8 Å². The summed E-state index contributed by atoms with van der Waals surface area (Å²) >= 11 is 1.41. The van der Waals surface area contributed by atoms with E-state index in [0.717, 1.165) is 0 Å². The van der Waals surface area contributed by atoms with E-state index in [1.54, 1.807) is 18.3 Å². The topological polar surface area (TPSA) is 88.5 Å². The van der Waals surface area contributed by atoms with Gasteiger partial charge in [-0.05, 0) is 31.2 Å². The first-order valence-corrected chi connectivity index (χ1v) is 7.49. The zero-order valence-corrected chi connectivity index (χ0v) is 11.9. The van der Waals surface area contributed by atoms with Gasteiger partial charge < -0.3 is 15.2 Å². The van der Waals surface area contributed by atoms with Crippen LogP contribution in [0, 0.1) is 0 Å². The van der Waals surface area contributed by atoms with E-state index >= 15 is 0 Å². The maximum absolute atomic E-state index is 12.1. The summed E-state index contributed by atoms with van der Waals surface area (Å²) in [5.41, 5.74) is 0.521. The summed E-state index contributed by atoms with van der Waals surface area (Å²) in [7, 11) is 0. The maximum atomic E-state index is 12.1. The number of nitrogens with zero attached hydrogens (tertiary/aromatic N) is 1. The Morgan fingerprint density at radius 1 is 1.55 bits per heavy atom. The van der Waals surface area contributed by atoms with Crippen molar-refractivity contribution >= 4 is 23.6 Å². The van der Waals surface area contributed by atoms with E-state index < -0.39 is 12.1 Å². The number of amides is 1. The molecule has 108 valence electrons. The summed E-state index contributed by atoms with van der Waals surface area (Å²) in [5.74, 6) is -1.17. The first-order chi connectivity index (χ1) is 9.61. The average Bonchev–Trinajstić information content (AvgIpc) is 2.94. The van der Waals surface area contributed by atoms with Crippen molar-refractivity contribution in [1.29, 1.82) is 0 Å². The minimum Gasteiger partial charge on any atom is -0.479 e. The maximum Gasteiger partial charge on any atom is 0.332 e. The van der Waals surface area contributed by atoms with Crippen LogP contribution in [0.5, 0.6) is 0 Å². The zero-order chi connectivity index (χ0) is 14.5. The standard InChI is InChI=1S/C13H16N2O4S/c1-20-12-9(3-2-6-14-12)11(16)15-7-8-4-5-10(19-8)13(17)18/h2-3,6,8,10H,4-5,7H2,1H3,(H,15,16)(H,17,18). The molecular formula is C13H16N2O4S. The molecule has 2 rings (SSSR count). The van der Waals surface area contributed by atoms with E-state index in [4.69, 9.17) is 9.84 Å². The minimum atomic E-state index is -0.948. The number of carbonyl (C=O) groups excluding carboxylic acids is 1. The normalized spacial score (nSPS) is 21.6. The van der Waals surface area contributed by atoms with Crippen molar-refractivity contribution in [3.8, 4) is 0 Å². The molecule has 2 unspecified atom stereocenters. The Labute approximate surface area is 120 Å². The highest BCUT2D eigenvalue weighted by molar-refractivity contribution is 7.98. The van der Waals surface area contributed by atoms with Crippen LogP contribution in [0.25, 0.3) is 0 Å². The van der Waals surface area contributed by atoms with Gasteiger partial charge >= 0.3 is 5.97 Å². The van der Waals surface area contributed by atoms with Gasteiger partial charge in [-0.1, -0.05) is 0 Å². The molecule has 7 heteroatoms. The van der Waals surface area contributed by atoms with Crippen molar-refractivity contribution in [2.75, 3.05) is 12.8 Å². The summed E-state index contributed by atoms with van der Waals surface area (Å²) in [6.45, 7) is 0.311. The molecule has 0 saturated carbocycles. The molecule has 0 bridgehead atoms. The lowest BCUT2D eigenvalue weighted by Gasteiger charge is -2.13. The van der Waals surface area contributed by atoms with Crippen LogP contribution < -0.4 is 5.32 Å². The Kier molecular flexibility index (Phi) is 4.97. The lowest BCUT2D eigenvalue weighted by atomic mass is 10.2. The number of nitrogens with one attached hydrogen (secondary N) is 1. The third-order valence-corrected chi connectivity index (χ3v) is 3.79. The average molecular weight is 296 g/mol. The second-order valence-corrected chi connectivity index (χ2v) is 5.23. The van der Waals surface area contributed by atoms with Gasteiger partial charge in [-0.25, -0.2) is 9.78 Å². The van der Waals surface area contributed by atoms with Gasteiger partial charge in [0.05, 0.1) is 11.7 Å². The van der Waals surface area contributed by atoms with Crippen LogP contribution in [0.3, 0.4) is 0 Å². The minimum absolute atomic E-state index is 0.218. The number of pyridine rings is 1. The molecule has 2 atom stereocenters. The van der Waals surface area contributed by atoms with Crippen molar-refractivity contribution in [3.63, 3.8) is 0 Å². The molecule has 0 spiro atoms. The van der Waals surface area contributed by atoms with Crippen LogP contribution in [-0.2, 0) is 9.53 Å². The molecule has 6 nitrogen and oxygen atoms in total. The van der Waals surface area contributed by atoms with Gasteiger partial charge in [0.1, 0.15) is 5.03 Å². The van der Waals surface area contributed by atoms with Crippen molar-refractivity contribution < 1.29 is 19.4 Å². The van der Waals surface area contributed by atoms with Gasteiger partial charge in [0, 0.05) is 12.7 Å². The molecular weight excluding hydrogens is 280 g/mol. The Balaban J connectivity index is 1.88. The highest BCUT2D eigenvalue weighted by Crippen LogP contribution is 2.20. The van der Waals surface area contributed by atoms with E-state index in [-0.39, 0.29) is 12.0 Å². The van der Waals surface area contributed by atoms with Crippen LogP contribution in [-0.4, -0.2) is 47.0 Å². The monoisotopic (exact) mass is 296 g/mol. The second-order valence-electron chi connectivity index (χ2n) is 4.43. The molecule has 1 amide bonds. The SMILES string of the molecule is CSc1ncccc1C(=O)NCC1CCC(C(=O)O)O1. The molecule has 0 aromatic carbocycles. The molecule has 1 saturated heterocycles. The van der Waals surface area contributed by atoms with E-state index in [1.807, 2.05) is 6.26 Å². The molecule has 1 aliphatic rings. The summed E-state index contributed by atoms with van der Waals surface area (Å²) in [6.07, 6.45) is 3.63. The zero-order valence-electron chi connectivity index (χ0n) is 11.0. The number of thioether (sulfide) groups is 1. The van der Waals surface area contributed by atoms with Gasteiger partial charge in [0.15, 0.2) is 6.10 Å². The Bertz CT molecular complexity index is 509. The van der Waals surface area contributed by atoms with Crippen molar-refractivity contribution in [2.45, 2.75) is 30.1 Å². The van der Waals surface area contributed by atoms with Crippen molar-refractivity contribution in [3.05, 3.63) is 23.9 Å². The van der Waals surface area contributed by atoms with Gasteiger partial charge in [-0.3, -0.25) is 4.79 Å². The largest absolute Gasteiger partial charge is 0.479 e. The molecule has 2 N–H and O–H groups in total. The summed E-state index contributed by atoms with van der Waals surface area (Å²) in [5, 5.41) is 12.3. The van der Waals surface area contributed by atoms with Gasteiger partial charge in [0.25, 0.3) is 5.91 Å². The van der Waals surface area contributed by atoms with E-state index in [0.29, 0.717) is 30.0 Å². The number of hydrogen-bond acceptors (Lipinski definition) is 5. The van der Waals surface area contributed by atoms with Crippen LogP contribution in [0.4, 0.5) is 0 Å². The first kappa shape index (κ1) is 14.8. The quantitative estimate of drug-likeness (QED) is 0.793. The molecule has 1 fully saturated rings. The second kappa shape index (κ2) is 6.71. The summed E-state index contributed by atoms with van der Waals surface area (Å²) in [6, 6.07) is 3.42. The Hall–Kier alpha value is -1.60. The summed E-state index contributed by atoms with van der Waals surface area (Å²) in [4.78, 5) is 27.0. The molecule has 1 aromatic rings.